The molecule has 0 amide bonds. The van der Waals surface area contributed by atoms with Crippen LogP contribution in [-0.4, -0.2) is 19.9 Å². The topological polar surface area (TPSA) is 51.6 Å². The lowest BCUT2D eigenvalue weighted by molar-refractivity contribution is 1.18. The summed E-state index contributed by atoms with van der Waals surface area (Å²) in [5, 5.41) is 0. The minimum absolute atomic E-state index is 0.957. The highest BCUT2D eigenvalue weighted by Crippen LogP contribution is 2.39. The number of nitrogens with zero attached hydrogens (tertiary/aromatic N) is 4. The van der Waals surface area contributed by atoms with E-state index in [1.807, 2.05) is 12.1 Å². The number of hydrogen-bond acceptors (Lipinski definition) is 6. The van der Waals surface area contributed by atoms with Gasteiger partial charge in [-0.25, -0.2) is 19.9 Å². The third-order valence-electron chi connectivity index (χ3n) is 3.12. The largest absolute Gasteiger partial charge is 0.245 e. The summed E-state index contributed by atoms with van der Waals surface area (Å²) in [6.07, 6.45) is 6.68. The van der Waals surface area contributed by atoms with E-state index >= 15 is 0 Å². The lowest BCUT2D eigenvalue weighted by atomic mass is 10.3. The highest BCUT2D eigenvalue weighted by atomic mass is 32.1. The first-order valence-corrected chi connectivity index (χ1v) is 8.26. The van der Waals surface area contributed by atoms with E-state index in [9.17, 15) is 0 Å². The second kappa shape index (κ2) is 5.75. The van der Waals surface area contributed by atoms with Gasteiger partial charge in [0.05, 0.1) is 21.1 Å². The Morgan fingerprint density at radius 2 is 1.00 bits per heavy atom. The molecule has 4 aromatic rings. The van der Waals surface area contributed by atoms with E-state index in [1.54, 1.807) is 47.7 Å². The van der Waals surface area contributed by atoms with Crippen molar-refractivity contribution in [2.24, 2.45) is 0 Å². The molecule has 0 aliphatic rings. The summed E-state index contributed by atoms with van der Waals surface area (Å²) in [5.41, 5.74) is 1.91. The molecular formula is C16H10N4S2. The third-order valence-corrected chi connectivity index (χ3v) is 5.53. The fraction of sp³-hybridized carbons (Fsp3) is 0. The lowest BCUT2D eigenvalue weighted by Gasteiger charge is -1.94. The first-order valence-electron chi connectivity index (χ1n) is 6.63. The molecule has 4 heterocycles. The fourth-order valence-electron chi connectivity index (χ4n) is 2.09. The molecule has 0 spiro atoms. The molecule has 4 aromatic heterocycles. The summed E-state index contributed by atoms with van der Waals surface area (Å²) in [6.45, 7) is 0. The zero-order valence-corrected chi connectivity index (χ0v) is 13.0. The number of rotatable bonds is 3. The van der Waals surface area contributed by atoms with Gasteiger partial charge in [0.25, 0.3) is 0 Å². The van der Waals surface area contributed by atoms with E-state index in [1.165, 1.54) is 9.75 Å². The van der Waals surface area contributed by atoms with E-state index in [-0.39, 0.29) is 0 Å². The van der Waals surface area contributed by atoms with E-state index in [2.05, 4.69) is 44.2 Å². The molecule has 0 saturated heterocycles. The zero-order valence-electron chi connectivity index (χ0n) is 11.4. The summed E-state index contributed by atoms with van der Waals surface area (Å²) in [4.78, 5) is 21.3. The average Bonchev–Trinajstić information content (AvgIpc) is 3.26. The Morgan fingerprint density at radius 1 is 0.545 bits per heavy atom. The summed E-state index contributed by atoms with van der Waals surface area (Å²) >= 11 is 3.47. The molecule has 0 atom stereocenters. The molecule has 0 radical (unpaired) electrons. The third kappa shape index (κ3) is 2.54. The van der Waals surface area contributed by atoms with Crippen LogP contribution in [0.5, 0.6) is 0 Å². The van der Waals surface area contributed by atoms with E-state index in [0.29, 0.717) is 0 Å². The molecule has 4 nitrogen and oxygen atoms in total. The van der Waals surface area contributed by atoms with Gasteiger partial charge in [-0.2, -0.15) is 0 Å². The highest BCUT2D eigenvalue weighted by Gasteiger charge is 2.09. The van der Waals surface area contributed by atoms with Gasteiger partial charge in [-0.3, -0.25) is 0 Å². The van der Waals surface area contributed by atoms with E-state index in [0.717, 1.165) is 21.1 Å². The monoisotopic (exact) mass is 322 g/mol. The predicted molar refractivity (Wildman–Crippen MR) is 89.7 cm³/mol. The van der Waals surface area contributed by atoms with Crippen LogP contribution in [0.2, 0.25) is 0 Å². The average molecular weight is 322 g/mol. The Morgan fingerprint density at radius 3 is 1.41 bits per heavy atom. The Kier molecular flexibility index (Phi) is 3.46. The van der Waals surface area contributed by atoms with Crippen molar-refractivity contribution in [3.63, 3.8) is 0 Å². The SMILES string of the molecule is c1cc(-c2ccc(-c3ccc(-c4ccncn4)s3)s2)ncn1. The number of thiophene rings is 2. The molecule has 6 heteroatoms. The predicted octanol–water partition coefficient (Wildman–Crippen LogP) is 4.39. The smallest absolute Gasteiger partial charge is 0.116 e. The molecule has 106 valence electrons. The number of aromatic nitrogens is 4. The van der Waals surface area contributed by atoms with Gasteiger partial charge in [0.15, 0.2) is 0 Å². The van der Waals surface area contributed by atoms with Crippen LogP contribution >= 0.6 is 22.7 Å². The zero-order chi connectivity index (χ0) is 14.8. The van der Waals surface area contributed by atoms with Crippen LogP contribution in [0.3, 0.4) is 0 Å². The maximum Gasteiger partial charge on any atom is 0.116 e. The van der Waals surface area contributed by atoms with Crippen molar-refractivity contribution in [2.75, 3.05) is 0 Å². The van der Waals surface area contributed by atoms with Gasteiger partial charge in [-0.15, -0.1) is 22.7 Å². The normalized spacial score (nSPS) is 10.7. The summed E-state index contributed by atoms with van der Waals surface area (Å²) in [5.74, 6) is 0. The molecule has 0 bridgehead atoms. The fourth-order valence-corrected chi connectivity index (χ4v) is 4.14. The van der Waals surface area contributed by atoms with Crippen LogP contribution in [0.4, 0.5) is 0 Å². The lowest BCUT2D eigenvalue weighted by Crippen LogP contribution is -1.79. The van der Waals surface area contributed by atoms with Gasteiger partial charge in [0.2, 0.25) is 0 Å². The molecular weight excluding hydrogens is 312 g/mol. The van der Waals surface area contributed by atoms with Crippen LogP contribution in [0.15, 0.2) is 61.4 Å². The van der Waals surface area contributed by atoms with E-state index < -0.39 is 0 Å². The van der Waals surface area contributed by atoms with Crippen LogP contribution in [0.25, 0.3) is 30.9 Å². The molecule has 0 aromatic carbocycles. The first kappa shape index (κ1) is 13.2. The van der Waals surface area contributed by atoms with E-state index in [4.69, 9.17) is 0 Å². The van der Waals surface area contributed by atoms with Crippen molar-refractivity contribution < 1.29 is 0 Å². The maximum atomic E-state index is 4.29. The standard InChI is InChI=1S/C16H10N4S2/c1-3-15(21-13(1)11-5-7-17-9-19-11)16-4-2-14(22-16)12-6-8-18-10-20-12/h1-10H. The maximum absolute atomic E-state index is 4.29. The van der Waals surface area contributed by atoms with Crippen LogP contribution < -0.4 is 0 Å². The molecule has 0 aliphatic heterocycles. The van der Waals surface area contributed by atoms with Crippen LogP contribution in [0, 0.1) is 0 Å². The van der Waals surface area contributed by atoms with Crippen molar-refractivity contribution in [1.82, 2.24) is 19.9 Å². The van der Waals surface area contributed by atoms with Crippen LogP contribution in [-0.2, 0) is 0 Å². The van der Waals surface area contributed by atoms with Crippen molar-refractivity contribution in [1.29, 1.82) is 0 Å². The molecule has 0 fully saturated rings. The second-order valence-electron chi connectivity index (χ2n) is 4.52. The summed E-state index contributed by atoms with van der Waals surface area (Å²) in [6, 6.07) is 12.3. The molecule has 4 rings (SSSR count). The molecule has 0 saturated carbocycles. The summed E-state index contributed by atoms with van der Waals surface area (Å²) < 4.78 is 0. The molecule has 22 heavy (non-hydrogen) atoms. The molecule has 0 aliphatic carbocycles. The second-order valence-corrected chi connectivity index (χ2v) is 6.68. The minimum Gasteiger partial charge on any atom is -0.245 e. The summed E-state index contributed by atoms with van der Waals surface area (Å²) in [7, 11) is 0. The van der Waals surface area contributed by atoms with Gasteiger partial charge in [-0.1, -0.05) is 0 Å². The highest BCUT2D eigenvalue weighted by molar-refractivity contribution is 7.25. The molecule has 0 N–H and O–H groups in total. The van der Waals surface area contributed by atoms with Crippen molar-refractivity contribution in [3.05, 3.63) is 61.4 Å². The Bertz CT molecular complexity index is 809. The Balaban J connectivity index is 1.66. The first-order chi connectivity index (χ1) is 10.9. The van der Waals surface area contributed by atoms with Gasteiger partial charge in [-0.05, 0) is 36.4 Å². The van der Waals surface area contributed by atoms with Crippen molar-refractivity contribution in [2.45, 2.75) is 0 Å². The van der Waals surface area contributed by atoms with Gasteiger partial charge in [0, 0.05) is 22.1 Å². The number of hydrogen-bond donors (Lipinski definition) is 0. The van der Waals surface area contributed by atoms with Crippen molar-refractivity contribution >= 4 is 22.7 Å². The Hall–Kier alpha value is -2.44. The van der Waals surface area contributed by atoms with Crippen molar-refractivity contribution in [3.8, 4) is 30.9 Å². The molecule has 0 unspecified atom stereocenters. The van der Waals surface area contributed by atoms with Crippen LogP contribution in [0.1, 0.15) is 0 Å². The van der Waals surface area contributed by atoms with Gasteiger partial charge in [0.1, 0.15) is 12.7 Å². The van der Waals surface area contributed by atoms with Gasteiger partial charge < -0.3 is 0 Å². The quantitative estimate of drug-likeness (QED) is 0.561. The van der Waals surface area contributed by atoms with Gasteiger partial charge >= 0.3 is 0 Å². The minimum atomic E-state index is 0.957. The Labute approximate surface area is 135 Å².